The Labute approximate surface area is 106 Å². The number of carbonyl (C=O) groups is 1. The number of amides is 1. The number of halogens is 4. The van der Waals surface area contributed by atoms with Crippen molar-refractivity contribution in [3.63, 3.8) is 0 Å². The predicted molar refractivity (Wildman–Crippen MR) is 58.9 cm³/mol. The Bertz CT molecular complexity index is 515. The maximum Gasteiger partial charge on any atom is 0.394 e. The molecule has 3 saturated carbocycles. The molecule has 0 radical (unpaired) electrons. The number of benzene rings is 1. The summed E-state index contributed by atoms with van der Waals surface area (Å²) in [5.41, 5.74) is -2.03. The molecule has 0 unspecified atom stereocenters. The van der Waals surface area contributed by atoms with Crippen LogP contribution in [0.15, 0.2) is 24.3 Å². The summed E-state index contributed by atoms with van der Waals surface area (Å²) < 4.78 is 50.6. The zero-order valence-corrected chi connectivity index (χ0v) is 9.85. The lowest BCUT2D eigenvalue weighted by molar-refractivity contribution is -0.336. The van der Waals surface area contributed by atoms with E-state index in [0.29, 0.717) is 0 Å². The molecule has 1 amide bonds. The molecule has 19 heavy (non-hydrogen) atoms. The molecule has 1 aromatic rings. The molecule has 0 atom stereocenters. The molecule has 2 nitrogen and oxygen atoms in total. The summed E-state index contributed by atoms with van der Waals surface area (Å²) in [6.07, 6.45) is -4.32. The van der Waals surface area contributed by atoms with Crippen molar-refractivity contribution in [2.45, 2.75) is 31.0 Å². The second-order valence-corrected chi connectivity index (χ2v) is 5.55. The van der Waals surface area contributed by atoms with Crippen LogP contribution in [0, 0.1) is 11.2 Å². The van der Waals surface area contributed by atoms with E-state index in [2.05, 4.69) is 5.32 Å². The lowest BCUT2D eigenvalue weighted by Crippen LogP contribution is -2.78. The number of rotatable bonds is 2. The molecule has 3 aliphatic rings. The molecule has 0 spiro atoms. The highest BCUT2D eigenvalue weighted by Gasteiger charge is 2.78. The molecular weight excluding hydrogens is 262 g/mol. The van der Waals surface area contributed by atoms with Crippen LogP contribution in [0.2, 0.25) is 0 Å². The van der Waals surface area contributed by atoms with E-state index in [1.165, 1.54) is 12.1 Å². The number of hydrogen-bond donors (Lipinski definition) is 1. The van der Waals surface area contributed by atoms with Gasteiger partial charge in [-0.25, -0.2) is 4.39 Å². The van der Waals surface area contributed by atoms with E-state index >= 15 is 0 Å². The summed E-state index contributed by atoms with van der Waals surface area (Å²) in [4.78, 5) is 11.8. The van der Waals surface area contributed by atoms with Crippen molar-refractivity contribution in [2.24, 2.45) is 5.41 Å². The van der Waals surface area contributed by atoms with Gasteiger partial charge >= 0.3 is 6.18 Å². The highest BCUT2D eigenvalue weighted by Crippen LogP contribution is 2.73. The van der Waals surface area contributed by atoms with Crippen LogP contribution in [0.4, 0.5) is 17.6 Å². The van der Waals surface area contributed by atoms with Gasteiger partial charge in [-0.05, 0) is 43.5 Å². The third-order valence-electron chi connectivity index (χ3n) is 4.12. The van der Waals surface area contributed by atoms with Gasteiger partial charge in [0.1, 0.15) is 5.82 Å². The average molecular weight is 273 g/mol. The van der Waals surface area contributed by atoms with Gasteiger partial charge in [0.15, 0.2) is 0 Å². The Morgan fingerprint density at radius 3 is 2.11 bits per heavy atom. The van der Waals surface area contributed by atoms with Gasteiger partial charge in [-0.2, -0.15) is 13.2 Å². The molecule has 102 valence electrons. The van der Waals surface area contributed by atoms with Crippen LogP contribution in [0.25, 0.3) is 0 Å². The number of hydrogen-bond acceptors (Lipinski definition) is 1. The van der Waals surface area contributed by atoms with Crippen LogP contribution < -0.4 is 5.32 Å². The lowest BCUT2D eigenvalue weighted by Gasteiger charge is -2.70. The van der Waals surface area contributed by atoms with E-state index in [0.717, 1.165) is 12.1 Å². The first kappa shape index (κ1) is 12.4. The molecule has 1 aromatic carbocycles. The van der Waals surface area contributed by atoms with Crippen molar-refractivity contribution in [3.05, 3.63) is 35.6 Å². The maximum atomic E-state index is 12.7. The molecule has 4 rings (SSSR count). The minimum atomic E-state index is -4.19. The van der Waals surface area contributed by atoms with Gasteiger partial charge < -0.3 is 5.32 Å². The van der Waals surface area contributed by atoms with E-state index < -0.39 is 28.9 Å². The van der Waals surface area contributed by atoms with Gasteiger partial charge in [-0.1, -0.05) is 0 Å². The number of nitrogens with one attached hydrogen (secondary N) is 1. The van der Waals surface area contributed by atoms with Crippen LogP contribution in [-0.4, -0.2) is 17.6 Å². The highest BCUT2D eigenvalue weighted by atomic mass is 19.4. The summed E-state index contributed by atoms with van der Waals surface area (Å²) in [5.74, 6) is -0.909. The first-order valence-corrected chi connectivity index (χ1v) is 5.90. The minimum absolute atomic E-state index is 0.0452. The van der Waals surface area contributed by atoms with E-state index in [4.69, 9.17) is 0 Å². The second-order valence-electron chi connectivity index (χ2n) is 5.55. The Morgan fingerprint density at radius 2 is 1.63 bits per heavy atom. The predicted octanol–water partition coefficient (Wildman–Crippen LogP) is 3.04. The fourth-order valence-electron chi connectivity index (χ4n) is 3.14. The molecule has 0 saturated heterocycles. The molecule has 0 heterocycles. The quantitative estimate of drug-likeness (QED) is 0.824. The van der Waals surface area contributed by atoms with Gasteiger partial charge in [0.25, 0.3) is 5.91 Å². The van der Waals surface area contributed by atoms with Gasteiger partial charge in [0.05, 0.1) is 5.41 Å². The summed E-state index contributed by atoms with van der Waals surface area (Å²) in [6.45, 7) is 0. The number of alkyl halides is 3. The largest absolute Gasteiger partial charge is 0.394 e. The lowest BCUT2D eigenvalue weighted by atomic mass is 9.39. The topological polar surface area (TPSA) is 29.1 Å². The van der Waals surface area contributed by atoms with Crippen LogP contribution in [0.5, 0.6) is 0 Å². The van der Waals surface area contributed by atoms with E-state index in [9.17, 15) is 22.4 Å². The first-order valence-electron chi connectivity index (χ1n) is 5.90. The molecule has 6 heteroatoms. The standard InChI is InChI=1S/C13H11F4NO/c14-9-3-1-8(2-4-9)10(19)18-12-5-11(6-12,7-12)13(15,16)17/h1-4H,5-7H2,(H,18,19). The summed E-state index contributed by atoms with van der Waals surface area (Å²) >= 11 is 0. The average Bonchev–Trinajstić information content (AvgIpc) is 2.20. The third-order valence-corrected chi connectivity index (χ3v) is 4.12. The van der Waals surface area contributed by atoms with Crippen molar-refractivity contribution < 1.29 is 22.4 Å². The normalized spacial score (nSPS) is 32.2. The van der Waals surface area contributed by atoms with E-state index in [-0.39, 0.29) is 24.8 Å². The SMILES string of the molecule is O=C(NC12CC(C(F)(F)F)(C1)C2)c1ccc(F)cc1. The fraction of sp³-hybridized carbons (Fsp3) is 0.462. The monoisotopic (exact) mass is 273 g/mol. The van der Waals surface area contributed by atoms with Crippen LogP contribution in [0.1, 0.15) is 29.6 Å². The molecule has 3 fully saturated rings. The molecular formula is C13H11F4NO. The van der Waals surface area contributed by atoms with Crippen LogP contribution >= 0.6 is 0 Å². The zero-order valence-electron chi connectivity index (χ0n) is 9.85. The minimum Gasteiger partial charge on any atom is -0.347 e. The number of carbonyl (C=O) groups excluding carboxylic acids is 1. The molecule has 0 aliphatic heterocycles. The smallest absolute Gasteiger partial charge is 0.347 e. The second kappa shape index (κ2) is 3.49. The summed E-state index contributed by atoms with van der Waals surface area (Å²) in [7, 11) is 0. The van der Waals surface area contributed by atoms with Crippen molar-refractivity contribution in [3.8, 4) is 0 Å². The highest BCUT2D eigenvalue weighted by molar-refractivity contribution is 5.95. The van der Waals surface area contributed by atoms with E-state index in [1.807, 2.05) is 0 Å². The Balaban J connectivity index is 1.64. The van der Waals surface area contributed by atoms with Crippen molar-refractivity contribution in [1.29, 1.82) is 0 Å². The van der Waals surface area contributed by atoms with Gasteiger partial charge in [0.2, 0.25) is 0 Å². The first-order chi connectivity index (χ1) is 8.75. The molecule has 1 N–H and O–H groups in total. The summed E-state index contributed by atoms with van der Waals surface area (Å²) in [5, 5.41) is 2.63. The Morgan fingerprint density at radius 1 is 1.11 bits per heavy atom. The van der Waals surface area contributed by atoms with Crippen molar-refractivity contribution in [2.75, 3.05) is 0 Å². The molecule has 2 bridgehead atoms. The van der Waals surface area contributed by atoms with Crippen molar-refractivity contribution in [1.82, 2.24) is 5.32 Å². The van der Waals surface area contributed by atoms with Crippen LogP contribution in [-0.2, 0) is 0 Å². The van der Waals surface area contributed by atoms with E-state index in [1.54, 1.807) is 0 Å². The fourth-order valence-corrected chi connectivity index (χ4v) is 3.14. The Hall–Kier alpha value is -1.59. The Kier molecular flexibility index (Phi) is 2.29. The van der Waals surface area contributed by atoms with Gasteiger partial charge in [-0.3, -0.25) is 4.79 Å². The van der Waals surface area contributed by atoms with Crippen LogP contribution in [0.3, 0.4) is 0 Å². The maximum absolute atomic E-state index is 12.7. The van der Waals surface area contributed by atoms with Crippen molar-refractivity contribution >= 4 is 5.91 Å². The zero-order chi connectivity index (χ0) is 13.9. The van der Waals surface area contributed by atoms with Gasteiger partial charge in [-0.15, -0.1) is 0 Å². The van der Waals surface area contributed by atoms with Gasteiger partial charge in [0, 0.05) is 11.1 Å². The third kappa shape index (κ3) is 1.73. The molecule has 3 aliphatic carbocycles. The molecule has 0 aromatic heterocycles. The summed E-state index contributed by atoms with van der Waals surface area (Å²) in [6, 6.07) is 4.92.